The quantitative estimate of drug-likeness (QED) is 0.736. The van der Waals surface area contributed by atoms with Crippen molar-refractivity contribution in [2.24, 2.45) is 0 Å². The molecule has 21 heavy (non-hydrogen) atoms. The van der Waals surface area contributed by atoms with Crippen LogP contribution in [0.3, 0.4) is 0 Å². The normalized spacial score (nSPS) is 14.3. The summed E-state index contributed by atoms with van der Waals surface area (Å²) in [5.41, 5.74) is 6.47. The number of aromatic amines is 1. The first-order valence-corrected chi connectivity index (χ1v) is 7.86. The van der Waals surface area contributed by atoms with E-state index in [1.807, 2.05) is 18.2 Å². The minimum Gasteiger partial charge on any atom is -0.383 e. The SMILES string of the molecule is Nc1cc(=O)[nH]c(Sc2cc(Cl)ccc2CNC2CC2)n1. The lowest BCUT2D eigenvalue weighted by molar-refractivity contribution is 0.680. The van der Waals surface area contributed by atoms with Gasteiger partial charge in [0.25, 0.3) is 5.56 Å². The lowest BCUT2D eigenvalue weighted by atomic mass is 10.2. The molecule has 4 N–H and O–H groups in total. The van der Waals surface area contributed by atoms with Gasteiger partial charge in [0, 0.05) is 28.6 Å². The molecule has 1 heterocycles. The van der Waals surface area contributed by atoms with Gasteiger partial charge in [-0.05, 0) is 30.5 Å². The summed E-state index contributed by atoms with van der Waals surface area (Å²) in [6.07, 6.45) is 2.47. The van der Waals surface area contributed by atoms with E-state index in [0.717, 1.165) is 17.0 Å². The second-order valence-electron chi connectivity index (χ2n) is 4.98. The molecular weight excluding hydrogens is 308 g/mol. The van der Waals surface area contributed by atoms with Gasteiger partial charge >= 0.3 is 0 Å². The smallest absolute Gasteiger partial charge is 0.253 e. The number of benzene rings is 1. The lowest BCUT2D eigenvalue weighted by Crippen LogP contribution is -2.16. The third kappa shape index (κ3) is 4.00. The molecule has 0 aliphatic heterocycles. The van der Waals surface area contributed by atoms with Gasteiger partial charge in [0.05, 0.1) is 0 Å². The Balaban J connectivity index is 1.84. The predicted octanol–water partition coefficient (Wildman–Crippen LogP) is 2.41. The highest BCUT2D eigenvalue weighted by molar-refractivity contribution is 7.99. The summed E-state index contributed by atoms with van der Waals surface area (Å²) in [6, 6.07) is 7.62. The van der Waals surface area contributed by atoms with E-state index in [1.54, 1.807) is 0 Å². The average Bonchev–Trinajstić information content (AvgIpc) is 3.20. The zero-order chi connectivity index (χ0) is 14.8. The number of hydrogen-bond donors (Lipinski definition) is 3. The molecule has 2 aromatic rings. The molecule has 1 aromatic heterocycles. The number of nitrogens with one attached hydrogen (secondary N) is 2. The maximum absolute atomic E-state index is 11.4. The van der Waals surface area contributed by atoms with Gasteiger partial charge in [0.15, 0.2) is 5.16 Å². The highest BCUT2D eigenvalue weighted by Gasteiger charge is 2.20. The Kier molecular flexibility index (Phi) is 4.19. The molecule has 0 bridgehead atoms. The molecule has 3 rings (SSSR count). The topological polar surface area (TPSA) is 83.8 Å². The van der Waals surface area contributed by atoms with Crippen LogP contribution in [0.4, 0.5) is 5.82 Å². The molecule has 0 spiro atoms. The van der Waals surface area contributed by atoms with Crippen LogP contribution in [-0.4, -0.2) is 16.0 Å². The summed E-state index contributed by atoms with van der Waals surface area (Å²) in [6.45, 7) is 0.775. The Bertz CT molecular complexity index is 714. The number of hydrogen-bond acceptors (Lipinski definition) is 5. The van der Waals surface area contributed by atoms with E-state index in [1.165, 1.54) is 30.7 Å². The first-order chi connectivity index (χ1) is 10.1. The molecule has 0 radical (unpaired) electrons. The molecule has 1 aliphatic rings. The molecule has 7 heteroatoms. The van der Waals surface area contributed by atoms with Gasteiger partial charge in [-0.25, -0.2) is 4.98 Å². The molecule has 110 valence electrons. The molecule has 0 amide bonds. The number of H-pyrrole nitrogens is 1. The number of nitrogens with zero attached hydrogens (tertiary/aromatic N) is 1. The number of nitrogens with two attached hydrogens (primary N) is 1. The molecule has 1 saturated carbocycles. The van der Waals surface area contributed by atoms with Crippen LogP contribution in [-0.2, 0) is 6.54 Å². The third-order valence-electron chi connectivity index (χ3n) is 3.13. The van der Waals surface area contributed by atoms with Crippen LogP contribution in [0.2, 0.25) is 5.02 Å². The van der Waals surface area contributed by atoms with Crippen LogP contribution in [0.15, 0.2) is 39.1 Å². The van der Waals surface area contributed by atoms with Crippen LogP contribution in [0, 0.1) is 0 Å². The van der Waals surface area contributed by atoms with Crippen molar-refractivity contribution in [3.8, 4) is 0 Å². The highest BCUT2D eigenvalue weighted by atomic mass is 35.5. The molecule has 1 fully saturated rings. The van der Waals surface area contributed by atoms with Gasteiger partial charge in [-0.15, -0.1) is 0 Å². The van der Waals surface area contributed by atoms with Crippen molar-refractivity contribution in [2.75, 3.05) is 5.73 Å². The maximum Gasteiger partial charge on any atom is 0.253 e. The number of halogens is 1. The first kappa shape index (κ1) is 14.4. The molecule has 5 nitrogen and oxygen atoms in total. The molecule has 1 aromatic carbocycles. The molecular formula is C14H15ClN4OS. The monoisotopic (exact) mass is 322 g/mol. The summed E-state index contributed by atoms with van der Waals surface area (Å²) in [7, 11) is 0. The van der Waals surface area contributed by atoms with E-state index >= 15 is 0 Å². The Hall–Kier alpha value is -1.50. The van der Waals surface area contributed by atoms with Crippen LogP contribution in [0.5, 0.6) is 0 Å². The highest BCUT2D eigenvalue weighted by Crippen LogP contribution is 2.31. The van der Waals surface area contributed by atoms with E-state index in [0.29, 0.717) is 16.2 Å². The van der Waals surface area contributed by atoms with Gasteiger partial charge in [-0.2, -0.15) is 0 Å². The Labute approximate surface area is 131 Å². The summed E-state index contributed by atoms with van der Waals surface area (Å²) < 4.78 is 0. The van der Waals surface area contributed by atoms with Gasteiger partial charge in [-0.1, -0.05) is 29.4 Å². The minimum atomic E-state index is -0.260. The van der Waals surface area contributed by atoms with E-state index in [2.05, 4.69) is 15.3 Å². The van der Waals surface area contributed by atoms with E-state index in [9.17, 15) is 4.79 Å². The minimum absolute atomic E-state index is 0.209. The number of anilines is 1. The van der Waals surface area contributed by atoms with Crippen LogP contribution in [0.25, 0.3) is 0 Å². The first-order valence-electron chi connectivity index (χ1n) is 6.66. The summed E-state index contributed by atoms with van der Waals surface area (Å²) >= 11 is 7.43. The van der Waals surface area contributed by atoms with Gasteiger partial charge in [-0.3, -0.25) is 4.79 Å². The number of rotatable bonds is 5. The van der Waals surface area contributed by atoms with Gasteiger partial charge in [0.2, 0.25) is 0 Å². The summed E-state index contributed by atoms with van der Waals surface area (Å²) in [5.74, 6) is 0.209. The van der Waals surface area contributed by atoms with Crippen LogP contribution < -0.4 is 16.6 Å². The second kappa shape index (κ2) is 6.09. The zero-order valence-electron chi connectivity index (χ0n) is 11.2. The van der Waals surface area contributed by atoms with Crippen LogP contribution in [0.1, 0.15) is 18.4 Å². The zero-order valence-corrected chi connectivity index (χ0v) is 12.8. The fourth-order valence-electron chi connectivity index (χ4n) is 1.92. The van der Waals surface area contributed by atoms with Crippen molar-refractivity contribution >= 4 is 29.2 Å². The van der Waals surface area contributed by atoms with Crippen LogP contribution >= 0.6 is 23.4 Å². The molecule has 0 unspecified atom stereocenters. The largest absolute Gasteiger partial charge is 0.383 e. The standard InChI is InChI=1S/C14H15ClN4OS/c15-9-2-1-8(7-17-10-3-4-10)11(5-9)21-14-18-12(16)6-13(20)19-14/h1-2,5-6,10,17H,3-4,7H2,(H3,16,18,19,20). The van der Waals surface area contributed by atoms with E-state index in [4.69, 9.17) is 17.3 Å². The molecule has 1 aliphatic carbocycles. The Morgan fingerprint density at radius 1 is 1.43 bits per heavy atom. The van der Waals surface area contributed by atoms with E-state index < -0.39 is 0 Å². The number of aromatic nitrogens is 2. The van der Waals surface area contributed by atoms with Crippen molar-refractivity contribution in [3.05, 3.63) is 45.2 Å². The van der Waals surface area contributed by atoms with Gasteiger partial charge in [0.1, 0.15) is 5.82 Å². The average molecular weight is 323 g/mol. The van der Waals surface area contributed by atoms with Crippen molar-refractivity contribution in [1.82, 2.24) is 15.3 Å². The summed E-state index contributed by atoms with van der Waals surface area (Å²) in [5, 5.41) is 4.59. The fourth-order valence-corrected chi connectivity index (χ4v) is 3.12. The Morgan fingerprint density at radius 2 is 2.24 bits per heavy atom. The lowest BCUT2D eigenvalue weighted by Gasteiger charge is -2.10. The number of nitrogen functional groups attached to an aromatic ring is 1. The van der Waals surface area contributed by atoms with Crippen molar-refractivity contribution in [1.29, 1.82) is 0 Å². The predicted molar refractivity (Wildman–Crippen MR) is 84.7 cm³/mol. The molecule has 0 atom stereocenters. The van der Waals surface area contributed by atoms with Crippen molar-refractivity contribution < 1.29 is 0 Å². The van der Waals surface area contributed by atoms with Crippen molar-refractivity contribution in [3.63, 3.8) is 0 Å². The summed E-state index contributed by atoms with van der Waals surface area (Å²) in [4.78, 5) is 19.2. The van der Waals surface area contributed by atoms with Gasteiger partial charge < -0.3 is 16.0 Å². The van der Waals surface area contributed by atoms with E-state index in [-0.39, 0.29) is 11.4 Å². The Morgan fingerprint density at radius 3 is 2.95 bits per heavy atom. The maximum atomic E-state index is 11.4. The second-order valence-corrected chi connectivity index (χ2v) is 6.45. The molecule has 0 saturated heterocycles. The third-order valence-corrected chi connectivity index (χ3v) is 4.36. The fraction of sp³-hybridized carbons (Fsp3) is 0.286. The van der Waals surface area contributed by atoms with Crippen molar-refractivity contribution in [2.45, 2.75) is 35.5 Å².